The summed E-state index contributed by atoms with van der Waals surface area (Å²) < 4.78 is 5.10. The van der Waals surface area contributed by atoms with Crippen LogP contribution in [-0.2, 0) is 20.9 Å². The Balaban J connectivity index is 1.55. The van der Waals surface area contributed by atoms with E-state index in [-0.39, 0.29) is 18.3 Å². The lowest BCUT2D eigenvalue weighted by molar-refractivity contribution is -0.132. The zero-order chi connectivity index (χ0) is 15.5. The van der Waals surface area contributed by atoms with E-state index in [9.17, 15) is 14.4 Å². The lowest BCUT2D eigenvalue weighted by atomic mass is 10.1. The maximum Gasteiger partial charge on any atom is 0.408 e. The Morgan fingerprint density at radius 1 is 1.27 bits per heavy atom. The van der Waals surface area contributed by atoms with Crippen LogP contribution in [0.4, 0.5) is 4.79 Å². The second-order valence-electron chi connectivity index (χ2n) is 5.25. The molecule has 1 aromatic rings. The largest absolute Gasteiger partial charge is 0.445 e. The number of ketones is 1. The molecule has 1 unspecified atom stereocenters. The van der Waals surface area contributed by atoms with Gasteiger partial charge in [0.2, 0.25) is 5.91 Å². The third-order valence-corrected chi connectivity index (χ3v) is 3.75. The number of ether oxygens (including phenoxy) is 1. The summed E-state index contributed by atoms with van der Waals surface area (Å²) in [5.41, 5.74) is 1.33. The number of allylic oxidation sites excluding steroid dienone is 1. The molecule has 1 atom stereocenters. The van der Waals surface area contributed by atoms with E-state index in [2.05, 4.69) is 5.32 Å². The Morgan fingerprint density at radius 2 is 2.05 bits per heavy atom. The molecule has 0 aliphatic carbocycles. The monoisotopic (exact) mass is 300 g/mol. The zero-order valence-electron chi connectivity index (χ0n) is 12.0. The average Bonchev–Trinajstić information content (AvgIpc) is 2.91. The number of carbonyl (C=O) groups is 3. The van der Waals surface area contributed by atoms with E-state index in [0.29, 0.717) is 25.1 Å². The van der Waals surface area contributed by atoms with Crippen LogP contribution in [0.25, 0.3) is 0 Å². The van der Waals surface area contributed by atoms with Gasteiger partial charge < -0.3 is 15.0 Å². The van der Waals surface area contributed by atoms with Crippen LogP contribution in [0.3, 0.4) is 0 Å². The van der Waals surface area contributed by atoms with Crippen LogP contribution in [-0.4, -0.2) is 35.3 Å². The standard InChI is InChI=1S/C16H16N2O4/c19-14-8-9-18-13(14)7-6-12(15(18)20)17-16(21)22-10-11-4-2-1-3-5-11/h1-5,7,12H,6,8-10H2,(H,17,21). The van der Waals surface area contributed by atoms with Gasteiger partial charge in [-0.25, -0.2) is 4.79 Å². The highest BCUT2D eigenvalue weighted by molar-refractivity contribution is 6.04. The predicted octanol–water partition coefficient (Wildman–Crippen LogP) is 1.37. The summed E-state index contributed by atoms with van der Waals surface area (Å²) in [7, 11) is 0. The molecule has 2 aliphatic rings. The number of carbonyl (C=O) groups excluding carboxylic acids is 3. The summed E-state index contributed by atoms with van der Waals surface area (Å²) in [5.74, 6) is -0.265. The molecule has 1 aromatic carbocycles. The van der Waals surface area contributed by atoms with Crippen molar-refractivity contribution in [1.29, 1.82) is 0 Å². The van der Waals surface area contributed by atoms with Gasteiger partial charge in [-0.15, -0.1) is 0 Å². The van der Waals surface area contributed by atoms with Gasteiger partial charge in [-0.3, -0.25) is 9.59 Å². The van der Waals surface area contributed by atoms with Gasteiger partial charge in [0.25, 0.3) is 0 Å². The van der Waals surface area contributed by atoms with Crippen LogP contribution in [0.1, 0.15) is 18.4 Å². The van der Waals surface area contributed by atoms with Crippen LogP contribution in [0.2, 0.25) is 0 Å². The average molecular weight is 300 g/mol. The minimum atomic E-state index is -0.669. The molecule has 2 amide bonds. The van der Waals surface area contributed by atoms with E-state index in [0.717, 1.165) is 5.56 Å². The molecule has 6 nitrogen and oxygen atoms in total. The van der Waals surface area contributed by atoms with Crippen LogP contribution >= 0.6 is 0 Å². The van der Waals surface area contributed by atoms with Crippen molar-refractivity contribution in [2.24, 2.45) is 0 Å². The highest BCUT2D eigenvalue weighted by atomic mass is 16.5. The Bertz CT molecular complexity index is 639. The van der Waals surface area contributed by atoms with E-state index in [1.165, 1.54) is 4.90 Å². The number of alkyl carbamates (subject to hydrolysis) is 1. The van der Waals surface area contributed by atoms with Gasteiger partial charge in [0.1, 0.15) is 12.6 Å². The van der Waals surface area contributed by atoms with Crippen molar-refractivity contribution in [2.75, 3.05) is 6.54 Å². The summed E-state index contributed by atoms with van der Waals surface area (Å²) in [6, 6.07) is 8.63. The fourth-order valence-corrected chi connectivity index (χ4v) is 2.61. The molecule has 1 fully saturated rings. The molecule has 3 rings (SSSR count). The molecule has 0 radical (unpaired) electrons. The summed E-state index contributed by atoms with van der Waals surface area (Å²) in [4.78, 5) is 37.0. The third kappa shape index (κ3) is 2.86. The maximum absolute atomic E-state index is 12.2. The molecule has 0 aromatic heterocycles. The van der Waals surface area contributed by atoms with Gasteiger partial charge in [-0.05, 0) is 12.0 Å². The second kappa shape index (κ2) is 6.01. The molecule has 0 spiro atoms. The number of hydrogen-bond donors (Lipinski definition) is 1. The summed E-state index contributed by atoms with van der Waals surface area (Å²) in [6.07, 6.45) is 1.74. The second-order valence-corrected chi connectivity index (χ2v) is 5.25. The van der Waals surface area contributed by atoms with E-state index in [1.54, 1.807) is 6.08 Å². The first-order valence-corrected chi connectivity index (χ1v) is 7.17. The molecule has 2 heterocycles. The fraction of sp³-hybridized carbons (Fsp3) is 0.312. The van der Waals surface area contributed by atoms with Crippen molar-refractivity contribution in [3.05, 3.63) is 47.7 Å². The number of nitrogens with one attached hydrogen (secondary N) is 1. The SMILES string of the molecule is O=C(NC1CC=C2C(=O)CCN2C1=O)OCc1ccccc1. The Morgan fingerprint density at radius 3 is 2.82 bits per heavy atom. The summed E-state index contributed by atoms with van der Waals surface area (Å²) in [5, 5.41) is 2.56. The molecule has 2 aliphatic heterocycles. The topological polar surface area (TPSA) is 75.7 Å². The predicted molar refractivity (Wildman–Crippen MR) is 77.6 cm³/mol. The number of amides is 2. The quantitative estimate of drug-likeness (QED) is 0.915. The van der Waals surface area contributed by atoms with Crippen LogP contribution in [0, 0.1) is 0 Å². The van der Waals surface area contributed by atoms with Crippen molar-refractivity contribution in [3.63, 3.8) is 0 Å². The van der Waals surface area contributed by atoms with Gasteiger partial charge in [0.05, 0.1) is 5.70 Å². The molecule has 22 heavy (non-hydrogen) atoms. The maximum atomic E-state index is 12.2. The number of hydrogen-bond acceptors (Lipinski definition) is 4. The lowest BCUT2D eigenvalue weighted by Gasteiger charge is -2.27. The van der Waals surface area contributed by atoms with E-state index in [1.807, 2.05) is 30.3 Å². The number of nitrogens with zero attached hydrogens (tertiary/aromatic N) is 1. The first-order chi connectivity index (χ1) is 10.6. The van der Waals surface area contributed by atoms with E-state index < -0.39 is 12.1 Å². The van der Waals surface area contributed by atoms with Crippen molar-refractivity contribution in [1.82, 2.24) is 10.2 Å². The van der Waals surface area contributed by atoms with Crippen LogP contribution in [0.5, 0.6) is 0 Å². The van der Waals surface area contributed by atoms with Crippen LogP contribution < -0.4 is 5.32 Å². The van der Waals surface area contributed by atoms with Gasteiger partial charge in [0.15, 0.2) is 5.78 Å². The number of rotatable bonds is 3. The molecule has 1 N–H and O–H groups in total. The third-order valence-electron chi connectivity index (χ3n) is 3.75. The molecule has 6 heteroatoms. The first kappa shape index (κ1) is 14.3. The summed E-state index contributed by atoms with van der Waals surface area (Å²) in [6.45, 7) is 0.539. The lowest BCUT2D eigenvalue weighted by Crippen LogP contribution is -2.49. The first-order valence-electron chi connectivity index (χ1n) is 7.17. The molecule has 0 saturated carbocycles. The van der Waals surface area contributed by atoms with Gasteiger partial charge in [0, 0.05) is 13.0 Å². The Labute approximate surface area is 127 Å². The number of fused-ring (bicyclic) bond motifs is 1. The fourth-order valence-electron chi connectivity index (χ4n) is 2.61. The number of Topliss-reactive ketones (excluding diaryl/α,β-unsaturated/α-hetero) is 1. The minimum Gasteiger partial charge on any atom is -0.445 e. The highest BCUT2D eigenvalue weighted by Crippen LogP contribution is 2.24. The molecular formula is C16H16N2O4. The van der Waals surface area contributed by atoms with E-state index in [4.69, 9.17) is 4.74 Å². The summed E-state index contributed by atoms with van der Waals surface area (Å²) >= 11 is 0. The molecular weight excluding hydrogens is 284 g/mol. The van der Waals surface area contributed by atoms with Crippen LogP contribution in [0.15, 0.2) is 42.1 Å². The molecule has 1 saturated heterocycles. The molecule has 0 bridgehead atoms. The minimum absolute atomic E-state index is 0.0153. The van der Waals surface area contributed by atoms with Gasteiger partial charge in [-0.1, -0.05) is 36.4 Å². The smallest absolute Gasteiger partial charge is 0.408 e. The van der Waals surface area contributed by atoms with Crippen molar-refractivity contribution < 1.29 is 19.1 Å². The Hall–Kier alpha value is -2.63. The number of benzene rings is 1. The normalized spacial score (nSPS) is 20.5. The van der Waals surface area contributed by atoms with Gasteiger partial charge in [-0.2, -0.15) is 0 Å². The Kier molecular flexibility index (Phi) is 3.91. The van der Waals surface area contributed by atoms with Gasteiger partial charge >= 0.3 is 6.09 Å². The highest BCUT2D eigenvalue weighted by Gasteiger charge is 2.38. The van der Waals surface area contributed by atoms with Crippen molar-refractivity contribution >= 4 is 17.8 Å². The molecule has 114 valence electrons. The zero-order valence-corrected chi connectivity index (χ0v) is 12.0. The van der Waals surface area contributed by atoms with Crippen molar-refractivity contribution in [3.8, 4) is 0 Å². The van der Waals surface area contributed by atoms with Crippen molar-refractivity contribution in [2.45, 2.75) is 25.5 Å². The van der Waals surface area contributed by atoms with E-state index >= 15 is 0 Å².